The fraction of sp³-hybridized carbons (Fsp3) is 0.833. The van der Waals surface area contributed by atoms with Crippen LogP contribution in [0.25, 0.3) is 0 Å². The molecule has 0 spiro atoms. The highest BCUT2D eigenvalue weighted by Gasteiger charge is 2.18. The van der Waals surface area contributed by atoms with Gasteiger partial charge in [0.1, 0.15) is 6.54 Å². The van der Waals surface area contributed by atoms with Crippen LogP contribution in [-0.2, 0) is 14.3 Å². The van der Waals surface area contributed by atoms with Crippen LogP contribution in [-0.4, -0.2) is 56.4 Å². The van der Waals surface area contributed by atoms with Gasteiger partial charge in [0.2, 0.25) is 0 Å². The van der Waals surface area contributed by atoms with E-state index in [0.29, 0.717) is 32.9 Å². The number of hydrogen-bond acceptors (Lipinski definition) is 4. The van der Waals surface area contributed by atoms with E-state index < -0.39 is 5.97 Å². The second-order valence-electron chi connectivity index (χ2n) is 5.48. The predicted octanol–water partition coefficient (Wildman–Crippen LogP) is 0.617. The molecule has 0 bridgehead atoms. The van der Waals surface area contributed by atoms with Crippen molar-refractivity contribution in [3.63, 3.8) is 0 Å². The molecule has 18 heavy (non-hydrogen) atoms. The average Bonchev–Trinajstić information content (AvgIpc) is 2.33. The lowest BCUT2D eigenvalue weighted by atomic mass is 9.99. The van der Waals surface area contributed by atoms with Gasteiger partial charge in [-0.25, -0.2) is 4.79 Å². The summed E-state index contributed by atoms with van der Waals surface area (Å²) in [7, 11) is 0. The molecule has 2 amide bonds. The molecule has 1 N–H and O–H groups in total. The fourth-order valence-electron chi connectivity index (χ4n) is 1.37. The van der Waals surface area contributed by atoms with E-state index in [9.17, 15) is 9.59 Å². The predicted molar refractivity (Wildman–Crippen MR) is 66.2 cm³/mol. The van der Waals surface area contributed by atoms with Crippen LogP contribution in [0.15, 0.2) is 0 Å². The Bertz CT molecular complexity index is 293. The molecule has 0 aromatic carbocycles. The molecule has 104 valence electrons. The van der Waals surface area contributed by atoms with E-state index in [4.69, 9.17) is 9.47 Å². The summed E-state index contributed by atoms with van der Waals surface area (Å²) in [5.41, 5.74) is -0.0656. The maximum Gasteiger partial charge on any atom is 0.325 e. The van der Waals surface area contributed by atoms with E-state index >= 15 is 0 Å². The van der Waals surface area contributed by atoms with Crippen molar-refractivity contribution >= 4 is 12.0 Å². The Labute approximate surface area is 108 Å². The number of morpholine rings is 1. The SMILES string of the molecule is CC(C)(C)COC(=O)CNC(=O)N1CCOCC1. The van der Waals surface area contributed by atoms with Crippen LogP contribution in [0, 0.1) is 5.41 Å². The Morgan fingerprint density at radius 1 is 1.28 bits per heavy atom. The highest BCUT2D eigenvalue weighted by Crippen LogP contribution is 2.12. The van der Waals surface area contributed by atoms with E-state index in [0.717, 1.165) is 0 Å². The van der Waals surface area contributed by atoms with Gasteiger partial charge in [0.05, 0.1) is 19.8 Å². The molecule has 6 nitrogen and oxygen atoms in total. The number of urea groups is 1. The van der Waals surface area contributed by atoms with Gasteiger partial charge < -0.3 is 19.7 Å². The largest absolute Gasteiger partial charge is 0.464 e. The quantitative estimate of drug-likeness (QED) is 0.753. The number of nitrogens with one attached hydrogen (secondary N) is 1. The first-order valence-corrected chi connectivity index (χ1v) is 6.15. The van der Waals surface area contributed by atoms with Crippen molar-refractivity contribution in [2.45, 2.75) is 20.8 Å². The van der Waals surface area contributed by atoms with Gasteiger partial charge in [-0.1, -0.05) is 20.8 Å². The first-order valence-electron chi connectivity index (χ1n) is 6.15. The second kappa shape index (κ2) is 6.58. The van der Waals surface area contributed by atoms with Crippen molar-refractivity contribution in [2.75, 3.05) is 39.5 Å². The normalized spacial score (nSPS) is 16.3. The monoisotopic (exact) mass is 258 g/mol. The maximum absolute atomic E-state index is 11.7. The van der Waals surface area contributed by atoms with Gasteiger partial charge in [-0.3, -0.25) is 4.79 Å². The molecule has 0 aromatic heterocycles. The lowest BCUT2D eigenvalue weighted by Gasteiger charge is -2.26. The van der Waals surface area contributed by atoms with Crippen LogP contribution in [0.2, 0.25) is 0 Å². The zero-order chi connectivity index (χ0) is 13.6. The molecule has 1 rings (SSSR count). The number of rotatable bonds is 3. The molecule has 6 heteroatoms. The molecule has 1 fully saturated rings. The molecular formula is C12H22N2O4. The Hall–Kier alpha value is -1.30. The van der Waals surface area contributed by atoms with Gasteiger partial charge in [-0.15, -0.1) is 0 Å². The standard InChI is InChI=1S/C12H22N2O4/c1-12(2,3)9-18-10(15)8-13-11(16)14-4-6-17-7-5-14/h4-9H2,1-3H3,(H,13,16). The van der Waals surface area contributed by atoms with Crippen molar-refractivity contribution < 1.29 is 19.1 Å². The average molecular weight is 258 g/mol. The third-order valence-electron chi connectivity index (χ3n) is 2.35. The van der Waals surface area contributed by atoms with Crippen molar-refractivity contribution in [2.24, 2.45) is 5.41 Å². The van der Waals surface area contributed by atoms with E-state index in [2.05, 4.69) is 5.32 Å². The molecule has 0 aromatic rings. The fourth-order valence-corrected chi connectivity index (χ4v) is 1.37. The van der Waals surface area contributed by atoms with Crippen molar-refractivity contribution in [3.8, 4) is 0 Å². The molecule has 0 saturated carbocycles. The highest BCUT2D eigenvalue weighted by molar-refractivity contribution is 5.80. The number of amides is 2. The smallest absolute Gasteiger partial charge is 0.325 e. The Balaban J connectivity index is 2.19. The lowest BCUT2D eigenvalue weighted by Crippen LogP contribution is -2.47. The zero-order valence-electron chi connectivity index (χ0n) is 11.3. The summed E-state index contributed by atoms with van der Waals surface area (Å²) in [6.07, 6.45) is 0. The molecule has 1 aliphatic rings. The minimum atomic E-state index is -0.411. The maximum atomic E-state index is 11.7. The number of ether oxygens (including phenoxy) is 2. The minimum Gasteiger partial charge on any atom is -0.464 e. The first-order chi connectivity index (χ1) is 8.38. The van der Waals surface area contributed by atoms with E-state index in [1.807, 2.05) is 20.8 Å². The minimum absolute atomic E-state index is 0.0656. The number of carbonyl (C=O) groups excluding carboxylic acids is 2. The van der Waals surface area contributed by atoms with Gasteiger partial charge >= 0.3 is 12.0 Å². The lowest BCUT2D eigenvalue weighted by molar-refractivity contribution is -0.145. The van der Waals surface area contributed by atoms with Gasteiger partial charge in [-0.05, 0) is 5.41 Å². The van der Waals surface area contributed by atoms with Crippen LogP contribution in [0.3, 0.4) is 0 Å². The molecule has 1 aliphatic heterocycles. The van der Waals surface area contributed by atoms with Gasteiger partial charge in [0, 0.05) is 13.1 Å². The van der Waals surface area contributed by atoms with Crippen LogP contribution in [0.4, 0.5) is 4.79 Å². The van der Waals surface area contributed by atoms with E-state index in [1.54, 1.807) is 4.90 Å². The van der Waals surface area contributed by atoms with E-state index in [1.165, 1.54) is 0 Å². The first kappa shape index (κ1) is 14.8. The Kier molecular flexibility index (Phi) is 5.40. The number of hydrogen-bond donors (Lipinski definition) is 1. The molecule has 0 aliphatic carbocycles. The van der Waals surface area contributed by atoms with Crippen molar-refractivity contribution in [1.82, 2.24) is 10.2 Å². The van der Waals surface area contributed by atoms with Crippen LogP contribution < -0.4 is 5.32 Å². The topological polar surface area (TPSA) is 67.9 Å². The number of nitrogens with zero attached hydrogens (tertiary/aromatic N) is 1. The van der Waals surface area contributed by atoms with E-state index in [-0.39, 0.29) is 18.0 Å². The Morgan fingerprint density at radius 2 is 1.89 bits per heavy atom. The van der Waals surface area contributed by atoms with Gasteiger partial charge in [0.25, 0.3) is 0 Å². The van der Waals surface area contributed by atoms with Gasteiger partial charge in [0.15, 0.2) is 0 Å². The second-order valence-corrected chi connectivity index (χ2v) is 5.48. The summed E-state index contributed by atoms with van der Waals surface area (Å²) in [4.78, 5) is 24.7. The summed E-state index contributed by atoms with van der Waals surface area (Å²) < 4.78 is 10.2. The molecular weight excluding hydrogens is 236 g/mol. The molecule has 1 heterocycles. The Morgan fingerprint density at radius 3 is 2.44 bits per heavy atom. The highest BCUT2D eigenvalue weighted by atomic mass is 16.5. The third kappa shape index (κ3) is 5.86. The number of carbonyl (C=O) groups is 2. The third-order valence-corrected chi connectivity index (χ3v) is 2.35. The summed E-state index contributed by atoms with van der Waals surface area (Å²) in [6.45, 7) is 8.40. The molecule has 0 radical (unpaired) electrons. The summed E-state index contributed by atoms with van der Waals surface area (Å²) in [5.74, 6) is -0.411. The van der Waals surface area contributed by atoms with Crippen molar-refractivity contribution in [3.05, 3.63) is 0 Å². The van der Waals surface area contributed by atoms with Crippen LogP contribution in [0.5, 0.6) is 0 Å². The van der Waals surface area contributed by atoms with Crippen molar-refractivity contribution in [1.29, 1.82) is 0 Å². The summed E-state index contributed by atoms with van der Waals surface area (Å²) in [5, 5.41) is 2.55. The van der Waals surface area contributed by atoms with Gasteiger partial charge in [-0.2, -0.15) is 0 Å². The summed E-state index contributed by atoms with van der Waals surface area (Å²) >= 11 is 0. The molecule has 0 atom stereocenters. The molecule has 0 unspecified atom stereocenters. The van der Waals surface area contributed by atoms with Crippen LogP contribution >= 0.6 is 0 Å². The zero-order valence-corrected chi connectivity index (χ0v) is 11.3. The number of esters is 1. The molecule has 1 saturated heterocycles. The van der Waals surface area contributed by atoms with Crippen LogP contribution in [0.1, 0.15) is 20.8 Å². The summed E-state index contributed by atoms with van der Waals surface area (Å²) in [6, 6.07) is -0.244.